The number of hydrogen-bond acceptors (Lipinski definition) is 4. The fourth-order valence-electron chi connectivity index (χ4n) is 2.18. The predicted octanol–water partition coefficient (Wildman–Crippen LogP) is 4.57. The van der Waals surface area contributed by atoms with E-state index < -0.39 is 0 Å². The first kappa shape index (κ1) is 20.4. The van der Waals surface area contributed by atoms with Crippen LogP contribution in [0.3, 0.4) is 0 Å². The van der Waals surface area contributed by atoms with Crippen molar-refractivity contribution in [1.29, 1.82) is 0 Å². The van der Waals surface area contributed by atoms with Crippen LogP contribution in [0.1, 0.15) is 30.4 Å². The maximum atomic E-state index is 13.7. The number of aryl methyl sites for hydroxylation is 1. The minimum atomic E-state index is -0.177. The summed E-state index contributed by atoms with van der Waals surface area (Å²) in [6.45, 7) is 11.8. The number of benzene rings is 1. The van der Waals surface area contributed by atoms with Gasteiger partial charge in [-0.3, -0.25) is 20.0 Å². The van der Waals surface area contributed by atoms with E-state index in [0.717, 1.165) is 11.1 Å². The molecule has 0 bridgehead atoms. The smallest absolute Gasteiger partial charge is 0.126 e. The molecule has 0 N–H and O–H groups in total. The Morgan fingerprint density at radius 2 is 1.96 bits per heavy atom. The van der Waals surface area contributed by atoms with E-state index in [1.165, 1.54) is 0 Å². The number of hydrogen-bond donors (Lipinski definition) is 0. The summed E-state index contributed by atoms with van der Waals surface area (Å²) in [4.78, 5) is 15.9. The first-order chi connectivity index (χ1) is 12.1. The monoisotopic (exact) mass is 340 g/mol. The average Bonchev–Trinajstić information content (AvgIpc) is 2.59. The van der Waals surface area contributed by atoms with Gasteiger partial charge in [0.05, 0.1) is 13.1 Å². The van der Waals surface area contributed by atoms with Crippen molar-refractivity contribution in [1.82, 2.24) is 0 Å². The van der Waals surface area contributed by atoms with Crippen molar-refractivity contribution in [2.75, 3.05) is 13.1 Å². The molecule has 0 heterocycles. The maximum Gasteiger partial charge on any atom is 0.126 e. The highest BCUT2D eigenvalue weighted by Gasteiger charge is 2.09. The van der Waals surface area contributed by atoms with Gasteiger partial charge in [0, 0.05) is 24.8 Å². The summed E-state index contributed by atoms with van der Waals surface area (Å²) < 4.78 is 13.7. The molecule has 132 valence electrons. The van der Waals surface area contributed by atoms with Gasteiger partial charge >= 0.3 is 0 Å². The van der Waals surface area contributed by atoms with Crippen molar-refractivity contribution in [3.05, 3.63) is 59.2 Å². The Morgan fingerprint density at radius 3 is 2.64 bits per heavy atom. The van der Waals surface area contributed by atoms with Crippen LogP contribution in [0, 0.1) is 12.7 Å². The van der Waals surface area contributed by atoms with E-state index in [1.54, 1.807) is 50.0 Å². The fraction of sp³-hybridized carbons (Fsp3) is 0.300. The molecule has 0 saturated carbocycles. The third kappa shape index (κ3) is 8.11. The molecule has 0 spiro atoms. The van der Waals surface area contributed by atoms with Gasteiger partial charge in [-0.2, -0.15) is 0 Å². The lowest BCUT2D eigenvalue weighted by molar-refractivity contribution is 0.612. The second kappa shape index (κ2) is 11.8. The van der Waals surface area contributed by atoms with E-state index in [2.05, 4.69) is 40.3 Å². The van der Waals surface area contributed by atoms with E-state index in [9.17, 15) is 4.39 Å². The van der Waals surface area contributed by atoms with Crippen LogP contribution in [0.5, 0.6) is 0 Å². The number of rotatable bonds is 10. The lowest BCUT2D eigenvalue weighted by Crippen LogP contribution is -1.99. The van der Waals surface area contributed by atoms with Crippen LogP contribution in [-0.2, 0) is 0 Å². The molecule has 0 aromatic heterocycles. The first-order valence-corrected chi connectivity index (χ1v) is 8.10. The zero-order chi connectivity index (χ0) is 18.5. The molecule has 0 aliphatic rings. The van der Waals surface area contributed by atoms with Crippen molar-refractivity contribution in [2.24, 2.45) is 20.0 Å². The molecule has 1 aromatic rings. The largest absolute Gasteiger partial charge is 0.291 e. The van der Waals surface area contributed by atoms with Gasteiger partial charge in [0.2, 0.25) is 0 Å². The van der Waals surface area contributed by atoms with Gasteiger partial charge in [-0.15, -0.1) is 0 Å². The second-order valence-corrected chi connectivity index (χ2v) is 5.62. The molecule has 0 aliphatic carbocycles. The van der Waals surface area contributed by atoms with Crippen LogP contribution in [0.25, 0.3) is 0 Å². The van der Waals surface area contributed by atoms with Crippen LogP contribution >= 0.6 is 0 Å². The Bertz CT molecular complexity index is 687. The van der Waals surface area contributed by atoms with Gasteiger partial charge in [-0.1, -0.05) is 19.1 Å². The van der Waals surface area contributed by atoms with Gasteiger partial charge in [0.25, 0.3) is 0 Å². The Kier molecular flexibility index (Phi) is 9.60. The molecule has 4 nitrogen and oxygen atoms in total. The average molecular weight is 340 g/mol. The topological polar surface area (TPSA) is 49.4 Å². The maximum absolute atomic E-state index is 13.7. The van der Waals surface area contributed by atoms with Crippen LogP contribution in [-0.4, -0.2) is 39.0 Å². The normalized spacial score (nSPS) is 13.8. The highest BCUT2D eigenvalue weighted by molar-refractivity contribution is 5.78. The van der Waals surface area contributed by atoms with E-state index >= 15 is 0 Å². The number of allylic oxidation sites excluding steroid dienone is 2. The van der Waals surface area contributed by atoms with Gasteiger partial charge in [-0.05, 0) is 61.5 Å². The SMILES string of the molecule is C=N/C=C\C=N/CC/N=C\C(=C/N=C)CC(C)c1ccc(C)c(F)c1. The quantitative estimate of drug-likeness (QED) is 0.443. The summed E-state index contributed by atoms with van der Waals surface area (Å²) in [5, 5.41) is 0. The van der Waals surface area contributed by atoms with Gasteiger partial charge in [0.1, 0.15) is 5.82 Å². The summed E-state index contributed by atoms with van der Waals surface area (Å²) in [5.74, 6) is -0.0203. The van der Waals surface area contributed by atoms with Crippen molar-refractivity contribution >= 4 is 25.9 Å². The van der Waals surface area contributed by atoms with Crippen molar-refractivity contribution in [3.63, 3.8) is 0 Å². The predicted molar refractivity (Wildman–Crippen MR) is 107 cm³/mol. The van der Waals surface area contributed by atoms with E-state index in [1.807, 2.05) is 6.07 Å². The van der Waals surface area contributed by atoms with Crippen LogP contribution in [0.4, 0.5) is 4.39 Å². The highest BCUT2D eigenvalue weighted by Crippen LogP contribution is 2.24. The first-order valence-electron chi connectivity index (χ1n) is 8.10. The molecule has 0 saturated heterocycles. The summed E-state index contributed by atoms with van der Waals surface area (Å²) in [6.07, 6.45) is 9.13. The van der Waals surface area contributed by atoms with Crippen LogP contribution < -0.4 is 0 Å². The molecule has 0 radical (unpaired) electrons. The summed E-state index contributed by atoms with van der Waals surface area (Å²) in [5.41, 5.74) is 2.56. The Labute approximate surface area is 149 Å². The van der Waals surface area contributed by atoms with E-state index in [0.29, 0.717) is 25.1 Å². The molecule has 1 rings (SSSR count). The molecule has 25 heavy (non-hydrogen) atoms. The lowest BCUT2D eigenvalue weighted by atomic mass is 9.93. The summed E-state index contributed by atoms with van der Waals surface area (Å²) in [7, 11) is 0. The molecule has 1 atom stereocenters. The van der Waals surface area contributed by atoms with Crippen molar-refractivity contribution < 1.29 is 4.39 Å². The number of halogens is 1. The molecule has 1 aromatic carbocycles. The number of aliphatic imine (C=N–C) groups is 4. The van der Waals surface area contributed by atoms with Gasteiger partial charge in [0.15, 0.2) is 0 Å². The Hall–Kier alpha value is -2.69. The minimum absolute atomic E-state index is 0.157. The molecule has 0 amide bonds. The fourth-order valence-corrected chi connectivity index (χ4v) is 2.18. The molecular weight excluding hydrogens is 315 g/mol. The highest BCUT2D eigenvalue weighted by atomic mass is 19.1. The zero-order valence-electron chi connectivity index (χ0n) is 14.9. The van der Waals surface area contributed by atoms with E-state index in [4.69, 9.17) is 0 Å². The molecule has 1 unspecified atom stereocenters. The molecular formula is C20H25FN4. The molecule has 0 fully saturated rings. The molecule has 0 aliphatic heterocycles. The zero-order valence-corrected chi connectivity index (χ0v) is 14.9. The Morgan fingerprint density at radius 1 is 1.20 bits per heavy atom. The third-order valence-electron chi connectivity index (χ3n) is 3.56. The molecule has 5 heteroatoms. The summed E-state index contributed by atoms with van der Waals surface area (Å²) >= 11 is 0. The second-order valence-electron chi connectivity index (χ2n) is 5.62. The minimum Gasteiger partial charge on any atom is -0.291 e. The van der Waals surface area contributed by atoms with E-state index in [-0.39, 0.29) is 11.7 Å². The third-order valence-corrected chi connectivity index (χ3v) is 3.56. The van der Waals surface area contributed by atoms with Gasteiger partial charge in [-0.25, -0.2) is 4.39 Å². The standard InChI is InChI=1S/C20H25FN4/c1-16-6-7-19(13-20(16)21)17(2)12-18(14-23-4)15-25-11-10-24-9-5-8-22-3/h5-9,13-15,17H,3-4,10-12H2,1-2H3/b8-5-,18-14-,24-9-,25-15-. The lowest BCUT2D eigenvalue weighted by Gasteiger charge is -2.13. The van der Waals surface area contributed by atoms with Crippen molar-refractivity contribution in [2.45, 2.75) is 26.2 Å². The van der Waals surface area contributed by atoms with Crippen LogP contribution in [0.2, 0.25) is 0 Å². The number of nitrogens with zero attached hydrogens (tertiary/aromatic N) is 4. The van der Waals surface area contributed by atoms with Gasteiger partial charge < -0.3 is 0 Å². The van der Waals surface area contributed by atoms with Crippen LogP contribution in [0.15, 0.2) is 62.2 Å². The van der Waals surface area contributed by atoms with Crippen molar-refractivity contribution in [3.8, 4) is 0 Å². The Balaban J connectivity index is 2.60. The summed E-state index contributed by atoms with van der Waals surface area (Å²) in [6, 6.07) is 5.36.